The van der Waals surface area contributed by atoms with Gasteiger partial charge < -0.3 is 14.4 Å². The summed E-state index contributed by atoms with van der Waals surface area (Å²) in [5.74, 6) is -0.208. The summed E-state index contributed by atoms with van der Waals surface area (Å²) in [4.78, 5) is 23.2. The average Bonchev–Trinajstić information content (AvgIpc) is 2.51. The van der Waals surface area contributed by atoms with Crippen molar-refractivity contribution in [3.63, 3.8) is 0 Å². The van der Waals surface area contributed by atoms with E-state index in [2.05, 4.69) is 10.5 Å². The third-order valence-corrected chi connectivity index (χ3v) is 2.86. The van der Waals surface area contributed by atoms with Crippen molar-refractivity contribution in [1.29, 1.82) is 0 Å². The molecule has 1 aromatic heterocycles. The van der Waals surface area contributed by atoms with Gasteiger partial charge in [-0.3, -0.25) is 9.59 Å². The molecule has 2 N–H and O–H groups in total. The van der Waals surface area contributed by atoms with Gasteiger partial charge in [-0.05, 0) is 18.2 Å². The van der Waals surface area contributed by atoms with Crippen molar-refractivity contribution in [2.24, 2.45) is 5.10 Å². The molecule has 0 bridgehead atoms. The lowest BCUT2D eigenvalue weighted by Gasteiger charge is -2.05. The van der Waals surface area contributed by atoms with Crippen LogP contribution in [-0.4, -0.2) is 28.9 Å². The molecule has 0 fully saturated rings. The van der Waals surface area contributed by atoms with E-state index >= 15 is 0 Å². The number of amides is 1. The Kier molecular flexibility index (Phi) is 4.92. The van der Waals surface area contributed by atoms with Crippen molar-refractivity contribution in [1.82, 2.24) is 9.99 Å². The number of hydrazone groups is 1. The molecule has 0 spiro atoms. The number of carbonyl (C=O) groups is 1. The third kappa shape index (κ3) is 3.72. The smallest absolute Gasteiger partial charge is 0.260 e. The number of carbonyl (C=O) groups excluding carboxylic acids is 1. The summed E-state index contributed by atoms with van der Waals surface area (Å²) in [6, 6.07) is 9.53. The maximum Gasteiger partial charge on any atom is 0.260 e. The Morgan fingerprint density at radius 2 is 2.18 bits per heavy atom. The van der Waals surface area contributed by atoms with E-state index in [-0.39, 0.29) is 17.9 Å². The fourth-order valence-corrected chi connectivity index (χ4v) is 1.76. The molecule has 22 heavy (non-hydrogen) atoms. The summed E-state index contributed by atoms with van der Waals surface area (Å²) in [5.41, 5.74) is 2.42. The van der Waals surface area contributed by atoms with Gasteiger partial charge in [0.1, 0.15) is 6.54 Å². The minimum atomic E-state index is -0.452. The van der Waals surface area contributed by atoms with E-state index in [4.69, 9.17) is 4.74 Å². The first-order valence-corrected chi connectivity index (χ1v) is 6.45. The van der Waals surface area contributed by atoms with E-state index in [0.29, 0.717) is 11.3 Å². The van der Waals surface area contributed by atoms with Gasteiger partial charge in [0.05, 0.1) is 13.3 Å². The Morgan fingerprint density at radius 1 is 1.36 bits per heavy atom. The fraction of sp³-hybridized carbons (Fsp3) is 0.133. The van der Waals surface area contributed by atoms with E-state index in [0.717, 1.165) is 0 Å². The van der Waals surface area contributed by atoms with Crippen LogP contribution in [0.25, 0.3) is 0 Å². The second-order valence-electron chi connectivity index (χ2n) is 4.36. The van der Waals surface area contributed by atoms with Crippen LogP contribution in [0.2, 0.25) is 0 Å². The molecule has 0 aliphatic heterocycles. The number of phenolic OH excluding ortho intramolecular Hbond substituents is 1. The largest absolute Gasteiger partial charge is 0.504 e. The number of phenols is 1. The molecule has 0 radical (unpaired) electrons. The van der Waals surface area contributed by atoms with Crippen molar-refractivity contribution in [2.45, 2.75) is 6.54 Å². The standard InChI is InChI=1S/C15H15N3O4/c1-22-12-6-4-5-11(15(12)21)9-16-17-13(19)10-18-8-3-2-7-14(18)20/h2-9,21H,10H2,1H3,(H,17,19)/b16-9+. The highest BCUT2D eigenvalue weighted by molar-refractivity contribution is 5.86. The number of aromatic hydroxyl groups is 1. The predicted molar refractivity (Wildman–Crippen MR) is 81.1 cm³/mol. The number of aromatic nitrogens is 1. The third-order valence-electron chi connectivity index (χ3n) is 2.86. The van der Waals surface area contributed by atoms with Gasteiger partial charge >= 0.3 is 0 Å². The van der Waals surface area contributed by atoms with E-state index in [1.165, 1.54) is 30.2 Å². The second-order valence-corrected chi connectivity index (χ2v) is 4.36. The topological polar surface area (TPSA) is 92.9 Å². The first-order valence-electron chi connectivity index (χ1n) is 6.45. The number of rotatable bonds is 5. The van der Waals surface area contributed by atoms with E-state index in [1.807, 2.05) is 0 Å². The Balaban J connectivity index is 1.99. The Hall–Kier alpha value is -3.09. The lowest BCUT2D eigenvalue weighted by atomic mass is 10.2. The van der Waals surface area contributed by atoms with E-state index in [1.54, 1.807) is 30.3 Å². The number of para-hydroxylation sites is 1. The number of ether oxygens (including phenoxy) is 1. The highest BCUT2D eigenvalue weighted by Gasteiger charge is 2.05. The minimum Gasteiger partial charge on any atom is -0.504 e. The van der Waals surface area contributed by atoms with Crippen molar-refractivity contribution >= 4 is 12.1 Å². The summed E-state index contributed by atoms with van der Waals surface area (Å²) in [5, 5.41) is 13.6. The molecule has 7 heteroatoms. The monoisotopic (exact) mass is 301 g/mol. The molecule has 0 saturated carbocycles. The van der Waals surface area contributed by atoms with Gasteiger partial charge in [-0.25, -0.2) is 5.43 Å². The van der Waals surface area contributed by atoms with Gasteiger partial charge in [-0.15, -0.1) is 0 Å². The lowest BCUT2D eigenvalue weighted by Crippen LogP contribution is -2.28. The van der Waals surface area contributed by atoms with Crippen LogP contribution >= 0.6 is 0 Å². The molecule has 2 aromatic rings. The van der Waals surface area contributed by atoms with Gasteiger partial charge in [-0.1, -0.05) is 12.1 Å². The highest BCUT2D eigenvalue weighted by Crippen LogP contribution is 2.27. The Morgan fingerprint density at radius 3 is 2.91 bits per heavy atom. The SMILES string of the molecule is COc1cccc(/C=N/NC(=O)Cn2ccccc2=O)c1O. The number of hydrogen-bond donors (Lipinski definition) is 2. The van der Waals surface area contributed by atoms with Crippen LogP contribution in [0, 0.1) is 0 Å². The van der Waals surface area contributed by atoms with Crippen LogP contribution in [-0.2, 0) is 11.3 Å². The quantitative estimate of drug-likeness (QED) is 0.628. The van der Waals surface area contributed by atoms with Crippen LogP contribution < -0.4 is 15.7 Å². The zero-order valence-corrected chi connectivity index (χ0v) is 11.9. The summed E-state index contributed by atoms with van der Waals surface area (Å²) < 4.78 is 6.23. The molecule has 2 rings (SSSR count). The second kappa shape index (κ2) is 7.07. The first kappa shape index (κ1) is 15.3. The van der Waals surface area contributed by atoms with Crippen molar-refractivity contribution in [3.05, 3.63) is 58.5 Å². The highest BCUT2D eigenvalue weighted by atomic mass is 16.5. The van der Waals surface area contributed by atoms with Crippen LogP contribution in [0.4, 0.5) is 0 Å². The number of hydrogen-bond acceptors (Lipinski definition) is 5. The van der Waals surface area contributed by atoms with Gasteiger partial charge in [0.2, 0.25) is 0 Å². The van der Waals surface area contributed by atoms with Crippen molar-refractivity contribution in [3.8, 4) is 11.5 Å². The molecule has 1 aromatic carbocycles. The normalized spacial score (nSPS) is 10.6. The number of methoxy groups -OCH3 is 1. The van der Waals surface area contributed by atoms with Gasteiger partial charge in [0, 0.05) is 17.8 Å². The first-order chi connectivity index (χ1) is 10.6. The summed E-state index contributed by atoms with van der Waals surface area (Å²) in [6.45, 7) is -0.138. The molecule has 1 heterocycles. The van der Waals surface area contributed by atoms with Crippen LogP contribution in [0.5, 0.6) is 11.5 Å². The van der Waals surface area contributed by atoms with E-state index < -0.39 is 5.91 Å². The lowest BCUT2D eigenvalue weighted by molar-refractivity contribution is -0.121. The number of pyridine rings is 1. The molecule has 0 unspecified atom stereocenters. The van der Waals surface area contributed by atoms with E-state index in [9.17, 15) is 14.7 Å². The molecule has 0 atom stereocenters. The minimum absolute atomic E-state index is 0.0673. The molecule has 0 saturated heterocycles. The molecular weight excluding hydrogens is 286 g/mol. The molecule has 7 nitrogen and oxygen atoms in total. The summed E-state index contributed by atoms with van der Waals surface area (Å²) in [6.07, 6.45) is 2.81. The molecule has 114 valence electrons. The fourth-order valence-electron chi connectivity index (χ4n) is 1.76. The average molecular weight is 301 g/mol. The maximum absolute atomic E-state index is 11.7. The summed E-state index contributed by atoms with van der Waals surface area (Å²) >= 11 is 0. The Bertz CT molecular complexity index is 752. The van der Waals surface area contributed by atoms with Crippen molar-refractivity contribution in [2.75, 3.05) is 7.11 Å². The number of benzene rings is 1. The number of nitrogens with one attached hydrogen (secondary N) is 1. The molecular formula is C15H15N3O4. The van der Waals surface area contributed by atoms with Gasteiger partial charge in [0.25, 0.3) is 11.5 Å². The van der Waals surface area contributed by atoms with Crippen LogP contribution in [0.3, 0.4) is 0 Å². The molecule has 0 aliphatic carbocycles. The van der Waals surface area contributed by atoms with Gasteiger partial charge in [0.15, 0.2) is 11.5 Å². The van der Waals surface area contributed by atoms with Crippen LogP contribution in [0.1, 0.15) is 5.56 Å². The van der Waals surface area contributed by atoms with Crippen molar-refractivity contribution < 1.29 is 14.6 Å². The summed E-state index contributed by atoms with van der Waals surface area (Å²) in [7, 11) is 1.44. The molecule has 1 amide bonds. The van der Waals surface area contributed by atoms with Crippen LogP contribution in [0.15, 0.2) is 52.5 Å². The number of nitrogens with zero attached hydrogens (tertiary/aromatic N) is 2. The Labute approximate surface area is 126 Å². The zero-order chi connectivity index (χ0) is 15.9. The van der Waals surface area contributed by atoms with Gasteiger partial charge in [-0.2, -0.15) is 5.10 Å². The predicted octanol–water partition coefficient (Wildman–Crippen LogP) is 0.713. The maximum atomic E-state index is 11.7. The molecule has 0 aliphatic rings. The zero-order valence-electron chi connectivity index (χ0n) is 11.9.